The average molecular weight is 719 g/mol. The Morgan fingerprint density at radius 3 is 1.39 bits per heavy atom. The van der Waals surface area contributed by atoms with Crippen LogP contribution in [0.5, 0.6) is 0 Å². The Balaban J connectivity index is 1.17. The topological polar surface area (TPSA) is 77.8 Å². The molecule has 0 saturated carbocycles. The molecule has 0 aliphatic heterocycles. The number of fused-ring (bicyclic) bond motifs is 7. The van der Waals surface area contributed by atoms with Crippen molar-refractivity contribution in [1.29, 1.82) is 0 Å². The summed E-state index contributed by atoms with van der Waals surface area (Å²) in [4.78, 5) is 20.7. The van der Waals surface area contributed by atoms with Gasteiger partial charge in [0.2, 0.25) is 5.89 Å². The van der Waals surface area contributed by atoms with Crippen molar-refractivity contribution in [3.05, 3.63) is 182 Å². The lowest BCUT2D eigenvalue weighted by Gasteiger charge is -2.14. The number of oxazole rings is 1. The lowest BCUT2D eigenvalue weighted by Crippen LogP contribution is -2.02. The summed E-state index contributed by atoms with van der Waals surface area (Å²) in [5.74, 6) is 2.33. The molecular weight excluding hydrogens is 689 g/mol. The smallest absolute Gasteiger partial charge is 0.227 e. The Kier molecular flexibility index (Phi) is 7.38. The van der Waals surface area contributed by atoms with Gasteiger partial charge in [-0.25, -0.2) is 19.9 Å². The molecule has 0 saturated heterocycles. The summed E-state index contributed by atoms with van der Waals surface area (Å²) in [7, 11) is 0. The molecule has 56 heavy (non-hydrogen) atoms. The zero-order valence-corrected chi connectivity index (χ0v) is 29.9. The van der Waals surface area contributed by atoms with E-state index in [9.17, 15) is 0 Å². The molecule has 0 bridgehead atoms. The van der Waals surface area contributed by atoms with Gasteiger partial charge >= 0.3 is 0 Å². The van der Waals surface area contributed by atoms with Crippen LogP contribution >= 0.6 is 0 Å². The van der Waals surface area contributed by atoms with Crippen LogP contribution in [0.1, 0.15) is 0 Å². The zero-order valence-electron chi connectivity index (χ0n) is 29.9. The number of benzene rings is 8. The standard InChI is InChI=1S/C50H30N4O2/c1-4-15-31(16-5-1)34-21-10-12-23-38(34)47-52-48(39-24-13-11-22-35(39)32-17-6-2-7-18-32)54-49(53-47)40-26-14-25-37-36(40)27-29-42-44(37)45-43(55-42)30-28-41-46(45)56-50(51-41)33-19-8-3-9-20-33/h1-30H. The van der Waals surface area contributed by atoms with Crippen molar-refractivity contribution in [3.63, 3.8) is 0 Å². The van der Waals surface area contributed by atoms with E-state index in [1.807, 2.05) is 72.8 Å². The second-order valence-corrected chi connectivity index (χ2v) is 13.7. The molecule has 262 valence electrons. The van der Waals surface area contributed by atoms with Crippen LogP contribution < -0.4 is 0 Å². The van der Waals surface area contributed by atoms with E-state index < -0.39 is 0 Å². The Morgan fingerprint density at radius 1 is 0.304 bits per heavy atom. The molecule has 0 radical (unpaired) electrons. The molecule has 3 heterocycles. The lowest BCUT2D eigenvalue weighted by atomic mass is 9.97. The first-order valence-electron chi connectivity index (χ1n) is 18.6. The van der Waals surface area contributed by atoms with Crippen LogP contribution in [0.2, 0.25) is 0 Å². The Hall–Kier alpha value is -7.70. The molecule has 0 unspecified atom stereocenters. The monoisotopic (exact) mass is 718 g/mol. The van der Waals surface area contributed by atoms with Crippen molar-refractivity contribution >= 4 is 43.8 Å². The molecule has 0 fully saturated rings. The fourth-order valence-corrected chi connectivity index (χ4v) is 7.83. The SMILES string of the molecule is c1ccc(-c2nc3ccc4oc5ccc6c(-c7nc(-c8ccccc8-c8ccccc8)nc(-c8ccccc8-c8ccccc8)n7)cccc6c5c4c3o2)cc1. The lowest BCUT2D eigenvalue weighted by molar-refractivity contribution is 0.622. The largest absolute Gasteiger partial charge is 0.456 e. The van der Waals surface area contributed by atoms with Gasteiger partial charge in [-0.15, -0.1) is 0 Å². The highest BCUT2D eigenvalue weighted by Crippen LogP contribution is 2.42. The summed E-state index contributed by atoms with van der Waals surface area (Å²) in [5.41, 5.74) is 10.9. The maximum absolute atomic E-state index is 6.52. The first kappa shape index (κ1) is 31.8. The predicted octanol–water partition coefficient (Wildman–Crippen LogP) is 13.1. The highest BCUT2D eigenvalue weighted by atomic mass is 16.4. The molecular formula is C50H30N4O2. The molecule has 11 aromatic rings. The summed E-state index contributed by atoms with van der Waals surface area (Å²) in [5, 5.41) is 3.83. The van der Waals surface area contributed by atoms with Crippen LogP contribution in [-0.4, -0.2) is 19.9 Å². The maximum Gasteiger partial charge on any atom is 0.227 e. The molecule has 0 aliphatic rings. The van der Waals surface area contributed by atoms with Crippen LogP contribution in [0, 0.1) is 0 Å². The van der Waals surface area contributed by atoms with Gasteiger partial charge in [0.1, 0.15) is 16.7 Å². The van der Waals surface area contributed by atoms with Gasteiger partial charge in [0, 0.05) is 27.6 Å². The minimum absolute atomic E-state index is 0.570. The molecule has 0 spiro atoms. The third-order valence-electron chi connectivity index (χ3n) is 10.4. The quantitative estimate of drug-likeness (QED) is 0.170. The maximum atomic E-state index is 6.52. The van der Waals surface area contributed by atoms with E-state index in [-0.39, 0.29) is 0 Å². The van der Waals surface area contributed by atoms with E-state index in [2.05, 4.69) is 109 Å². The molecule has 0 aliphatic carbocycles. The summed E-state index contributed by atoms with van der Waals surface area (Å²) < 4.78 is 13.0. The van der Waals surface area contributed by atoms with E-state index in [0.29, 0.717) is 28.9 Å². The van der Waals surface area contributed by atoms with E-state index in [1.165, 1.54) is 0 Å². The van der Waals surface area contributed by atoms with Gasteiger partial charge in [0.05, 0.1) is 5.39 Å². The van der Waals surface area contributed by atoms with Crippen molar-refractivity contribution in [3.8, 4) is 67.9 Å². The van der Waals surface area contributed by atoms with Gasteiger partial charge in [0.15, 0.2) is 23.1 Å². The van der Waals surface area contributed by atoms with E-state index in [0.717, 1.165) is 82.7 Å². The zero-order chi connectivity index (χ0) is 37.0. The van der Waals surface area contributed by atoms with Crippen LogP contribution in [0.15, 0.2) is 191 Å². The van der Waals surface area contributed by atoms with Gasteiger partial charge in [-0.3, -0.25) is 0 Å². The molecule has 3 aromatic heterocycles. The van der Waals surface area contributed by atoms with Crippen LogP contribution in [0.4, 0.5) is 0 Å². The fourth-order valence-electron chi connectivity index (χ4n) is 7.83. The number of aromatic nitrogens is 4. The second-order valence-electron chi connectivity index (χ2n) is 13.7. The van der Waals surface area contributed by atoms with E-state index in [4.69, 9.17) is 28.8 Å². The Labute approximate surface area is 321 Å². The second kappa shape index (κ2) is 13.0. The molecule has 0 amide bonds. The molecule has 6 nitrogen and oxygen atoms in total. The number of hydrogen-bond acceptors (Lipinski definition) is 6. The fraction of sp³-hybridized carbons (Fsp3) is 0. The third-order valence-corrected chi connectivity index (χ3v) is 10.4. The van der Waals surface area contributed by atoms with Crippen molar-refractivity contribution in [2.24, 2.45) is 0 Å². The van der Waals surface area contributed by atoms with Crippen LogP contribution in [0.25, 0.3) is 112 Å². The summed E-state index contributed by atoms with van der Waals surface area (Å²) >= 11 is 0. The first-order chi connectivity index (χ1) is 27.8. The molecule has 8 aromatic carbocycles. The van der Waals surface area contributed by atoms with Crippen molar-refractivity contribution in [2.45, 2.75) is 0 Å². The highest BCUT2D eigenvalue weighted by molar-refractivity contribution is 6.26. The third kappa shape index (κ3) is 5.27. The van der Waals surface area contributed by atoms with Crippen LogP contribution in [-0.2, 0) is 0 Å². The van der Waals surface area contributed by atoms with Crippen molar-refractivity contribution < 1.29 is 8.83 Å². The summed E-state index contributed by atoms with van der Waals surface area (Å²) in [6.45, 7) is 0. The Morgan fingerprint density at radius 2 is 0.786 bits per heavy atom. The van der Waals surface area contributed by atoms with Gasteiger partial charge < -0.3 is 8.83 Å². The Bertz CT molecular complexity index is 3140. The van der Waals surface area contributed by atoms with Crippen molar-refractivity contribution in [2.75, 3.05) is 0 Å². The van der Waals surface area contributed by atoms with Gasteiger partial charge in [-0.2, -0.15) is 0 Å². The predicted molar refractivity (Wildman–Crippen MR) is 225 cm³/mol. The van der Waals surface area contributed by atoms with E-state index >= 15 is 0 Å². The van der Waals surface area contributed by atoms with E-state index in [1.54, 1.807) is 0 Å². The van der Waals surface area contributed by atoms with Gasteiger partial charge in [0.25, 0.3) is 0 Å². The first-order valence-corrected chi connectivity index (χ1v) is 18.6. The number of rotatable bonds is 6. The number of nitrogens with zero attached hydrogens (tertiary/aromatic N) is 4. The summed E-state index contributed by atoms with van der Waals surface area (Å²) in [6.07, 6.45) is 0. The van der Waals surface area contributed by atoms with Crippen LogP contribution in [0.3, 0.4) is 0 Å². The van der Waals surface area contributed by atoms with Gasteiger partial charge in [-0.1, -0.05) is 146 Å². The minimum Gasteiger partial charge on any atom is -0.456 e. The molecule has 0 N–H and O–H groups in total. The average Bonchev–Trinajstić information content (AvgIpc) is 3.89. The molecule has 6 heteroatoms. The molecule has 0 atom stereocenters. The highest BCUT2D eigenvalue weighted by Gasteiger charge is 2.22. The minimum atomic E-state index is 0.570. The number of furan rings is 1. The van der Waals surface area contributed by atoms with Crippen molar-refractivity contribution in [1.82, 2.24) is 19.9 Å². The summed E-state index contributed by atoms with van der Waals surface area (Å²) in [6, 6.07) is 61.6. The molecule has 11 rings (SSSR count). The normalized spacial score (nSPS) is 11.6. The van der Waals surface area contributed by atoms with Gasteiger partial charge in [-0.05, 0) is 69.4 Å². The number of hydrogen-bond donors (Lipinski definition) is 0.